The van der Waals surface area contributed by atoms with Crippen molar-refractivity contribution < 1.29 is 9.53 Å². The summed E-state index contributed by atoms with van der Waals surface area (Å²) >= 11 is 0. The van der Waals surface area contributed by atoms with Gasteiger partial charge in [-0.1, -0.05) is 37.3 Å². The maximum atomic E-state index is 12.1. The summed E-state index contributed by atoms with van der Waals surface area (Å²) in [5.41, 5.74) is 1.81. The molecule has 0 aliphatic carbocycles. The SMILES string of the molecule is CCCNC(=O)Cn1c(COc2ccccc2)nc2ccccc21. The second-order valence-electron chi connectivity index (χ2n) is 5.55. The number of ether oxygens (including phenoxy) is 1. The first-order chi connectivity index (χ1) is 11.8. The van der Waals surface area contributed by atoms with Crippen molar-refractivity contribution in [1.82, 2.24) is 14.9 Å². The topological polar surface area (TPSA) is 56.2 Å². The van der Waals surface area contributed by atoms with Gasteiger partial charge < -0.3 is 14.6 Å². The number of hydrogen-bond acceptors (Lipinski definition) is 3. The van der Waals surface area contributed by atoms with E-state index in [1.54, 1.807) is 0 Å². The van der Waals surface area contributed by atoms with Crippen LogP contribution in [-0.4, -0.2) is 22.0 Å². The smallest absolute Gasteiger partial charge is 0.240 e. The predicted octanol–water partition coefficient (Wildman–Crippen LogP) is 3.14. The van der Waals surface area contributed by atoms with Crippen molar-refractivity contribution >= 4 is 16.9 Å². The van der Waals surface area contributed by atoms with E-state index in [9.17, 15) is 4.79 Å². The first-order valence-electron chi connectivity index (χ1n) is 8.16. The molecule has 3 rings (SSSR count). The number of rotatable bonds is 7. The zero-order valence-corrected chi connectivity index (χ0v) is 13.7. The van der Waals surface area contributed by atoms with Crippen LogP contribution in [0.3, 0.4) is 0 Å². The van der Waals surface area contributed by atoms with Crippen molar-refractivity contribution in [3.8, 4) is 5.75 Å². The summed E-state index contributed by atoms with van der Waals surface area (Å²) in [5, 5.41) is 2.91. The highest BCUT2D eigenvalue weighted by Crippen LogP contribution is 2.18. The fourth-order valence-electron chi connectivity index (χ4n) is 2.54. The van der Waals surface area contributed by atoms with Gasteiger partial charge in [0.25, 0.3) is 0 Å². The first-order valence-corrected chi connectivity index (χ1v) is 8.16. The largest absolute Gasteiger partial charge is 0.486 e. The van der Waals surface area contributed by atoms with Crippen molar-refractivity contribution in [3.63, 3.8) is 0 Å². The Kier molecular flexibility index (Phi) is 5.11. The van der Waals surface area contributed by atoms with Gasteiger partial charge in [0, 0.05) is 6.54 Å². The molecule has 24 heavy (non-hydrogen) atoms. The number of nitrogens with one attached hydrogen (secondary N) is 1. The summed E-state index contributed by atoms with van der Waals surface area (Å²) in [7, 11) is 0. The Labute approximate surface area is 141 Å². The minimum Gasteiger partial charge on any atom is -0.486 e. The molecule has 0 aliphatic rings. The molecule has 1 heterocycles. The fraction of sp³-hybridized carbons (Fsp3) is 0.263. The van der Waals surface area contributed by atoms with Gasteiger partial charge in [0.2, 0.25) is 5.91 Å². The lowest BCUT2D eigenvalue weighted by Crippen LogP contribution is -2.28. The lowest BCUT2D eigenvalue weighted by molar-refractivity contribution is -0.121. The highest BCUT2D eigenvalue weighted by Gasteiger charge is 2.13. The Morgan fingerprint density at radius 2 is 1.88 bits per heavy atom. The third-order valence-corrected chi connectivity index (χ3v) is 3.72. The lowest BCUT2D eigenvalue weighted by Gasteiger charge is -2.10. The monoisotopic (exact) mass is 323 g/mol. The van der Waals surface area contributed by atoms with Gasteiger partial charge in [-0.2, -0.15) is 0 Å². The van der Waals surface area contributed by atoms with E-state index in [1.807, 2.05) is 66.1 Å². The van der Waals surface area contributed by atoms with E-state index >= 15 is 0 Å². The van der Waals surface area contributed by atoms with E-state index in [1.165, 1.54) is 0 Å². The molecule has 0 unspecified atom stereocenters. The predicted molar refractivity (Wildman–Crippen MR) is 93.8 cm³/mol. The first kappa shape index (κ1) is 16.1. The van der Waals surface area contributed by atoms with Crippen LogP contribution in [0.25, 0.3) is 11.0 Å². The number of benzene rings is 2. The second kappa shape index (κ2) is 7.64. The lowest BCUT2D eigenvalue weighted by atomic mass is 10.3. The third kappa shape index (κ3) is 3.74. The van der Waals surface area contributed by atoms with Gasteiger partial charge in [0.1, 0.15) is 24.7 Å². The van der Waals surface area contributed by atoms with Crippen LogP contribution < -0.4 is 10.1 Å². The highest BCUT2D eigenvalue weighted by molar-refractivity contribution is 5.81. The molecule has 0 bridgehead atoms. The van der Waals surface area contributed by atoms with Crippen LogP contribution in [0.15, 0.2) is 54.6 Å². The maximum Gasteiger partial charge on any atom is 0.240 e. The Bertz CT molecular complexity index is 812. The van der Waals surface area contributed by atoms with E-state index in [0.717, 1.165) is 29.0 Å². The van der Waals surface area contributed by atoms with Crippen molar-refractivity contribution in [1.29, 1.82) is 0 Å². The van der Waals surface area contributed by atoms with Crippen LogP contribution in [0.4, 0.5) is 0 Å². The number of carbonyl (C=O) groups excluding carboxylic acids is 1. The molecule has 0 radical (unpaired) electrons. The average molecular weight is 323 g/mol. The Hall–Kier alpha value is -2.82. The van der Waals surface area contributed by atoms with Crippen molar-refractivity contribution in [2.24, 2.45) is 0 Å². The average Bonchev–Trinajstić information content (AvgIpc) is 2.97. The molecule has 0 spiro atoms. The molecule has 0 saturated heterocycles. The summed E-state index contributed by atoms with van der Waals surface area (Å²) in [4.78, 5) is 16.8. The van der Waals surface area contributed by atoms with Crippen molar-refractivity contribution in [3.05, 3.63) is 60.4 Å². The molecule has 5 heteroatoms. The summed E-state index contributed by atoms with van der Waals surface area (Å²) in [6.07, 6.45) is 0.917. The number of imidazole rings is 1. The summed E-state index contributed by atoms with van der Waals surface area (Å²) in [6, 6.07) is 17.4. The number of nitrogens with zero attached hydrogens (tertiary/aromatic N) is 2. The molecule has 1 amide bonds. The highest BCUT2D eigenvalue weighted by atomic mass is 16.5. The zero-order chi connectivity index (χ0) is 16.8. The molecule has 124 valence electrons. The van der Waals surface area contributed by atoms with E-state index in [2.05, 4.69) is 10.3 Å². The van der Waals surface area contributed by atoms with Gasteiger partial charge in [-0.05, 0) is 30.7 Å². The van der Waals surface area contributed by atoms with E-state index < -0.39 is 0 Å². The number of fused-ring (bicyclic) bond motifs is 1. The fourth-order valence-corrected chi connectivity index (χ4v) is 2.54. The van der Waals surface area contributed by atoms with Crippen LogP contribution in [0.2, 0.25) is 0 Å². The number of hydrogen-bond donors (Lipinski definition) is 1. The van der Waals surface area contributed by atoms with Gasteiger partial charge in [-0.3, -0.25) is 4.79 Å². The molecule has 0 aliphatic heterocycles. The van der Waals surface area contributed by atoms with Crippen LogP contribution in [0, 0.1) is 0 Å². The van der Waals surface area contributed by atoms with Crippen molar-refractivity contribution in [2.75, 3.05) is 6.54 Å². The van der Waals surface area contributed by atoms with Crippen LogP contribution in [-0.2, 0) is 17.9 Å². The van der Waals surface area contributed by atoms with Crippen LogP contribution in [0.5, 0.6) is 5.75 Å². The maximum absolute atomic E-state index is 12.1. The zero-order valence-electron chi connectivity index (χ0n) is 13.7. The molecule has 1 N–H and O–H groups in total. The number of amides is 1. The van der Waals surface area contributed by atoms with Gasteiger partial charge in [0.05, 0.1) is 11.0 Å². The molecule has 1 aromatic heterocycles. The van der Waals surface area contributed by atoms with E-state index in [-0.39, 0.29) is 12.5 Å². The molecule has 2 aromatic carbocycles. The normalized spacial score (nSPS) is 10.7. The van der Waals surface area contributed by atoms with Gasteiger partial charge in [-0.25, -0.2) is 4.98 Å². The molecular weight excluding hydrogens is 302 g/mol. The number of carbonyl (C=O) groups is 1. The molecule has 0 saturated carbocycles. The molecule has 5 nitrogen and oxygen atoms in total. The third-order valence-electron chi connectivity index (χ3n) is 3.72. The van der Waals surface area contributed by atoms with Gasteiger partial charge >= 0.3 is 0 Å². The van der Waals surface area contributed by atoms with E-state index in [0.29, 0.717) is 13.2 Å². The van der Waals surface area contributed by atoms with Crippen LogP contribution >= 0.6 is 0 Å². The quantitative estimate of drug-likeness (QED) is 0.727. The Balaban J connectivity index is 1.83. The number of aromatic nitrogens is 2. The molecule has 3 aromatic rings. The minimum atomic E-state index is -0.0130. The van der Waals surface area contributed by atoms with Gasteiger partial charge in [-0.15, -0.1) is 0 Å². The van der Waals surface area contributed by atoms with Crippen molar-refractivity contribution in [2.45, 2.75) is 26.5 Å². The Morgan fingerprint density at radius 3 is 2.67 bits per heavy atom. The van der Waals surface area contributed by atoms with Crippen LogP contribution in [0.1, 0.15) is 19.2 Å². The van der Waals surface area contributed by atoms with Gasteiger partial charge in [0.15, 0.2) is 0 Å². The van der Waals surface area contributed by atoms with E-state index in [4.69, 9.17) is 4.74 Å². The summed E-state index contributed by atoms with van der Waals surface area (Å²) in [6.45, 7) is 3.28. The molecule has 0 fully saturated rings. The standard InChI is InChI=1S/C19H21N3O2/c1-2-12-20-19(23)13-22-17-11-7-6-10-16(17)21-18(22)14-24-15-8-4-3-5-9-15/h3-11H,2,12-14H2,1H3,(H,20,23). The molecular formula is C19H21N3O2. The summed E-state index contributed by atoms with van der Waals surface area (Å²) in [5.74, 6) is 1.51. The minimum absolute atomic E-state index is 0.0130. The second-order valence-corrected chi connectivity index (χ2v) is 5.55. The summed E-state index contributed by atoms with van der Waals surface area (Å²) < 4.78 is 7.73. The Morgan fingerprint density at radius 1 is 1.12 bits per heavy atom. The molecule has 0 atom stereocenters. The number of para-hydroxylation sites is 3.